The van der Waals surface area contributed by atoms with Gasteiger partial charge in [-0.15, -0.1) is 0 Å². The van der Waals surface area contributed by atoms with E-state index in [4.69, 9.17) is 4.52 Å². The Morgan fingerprint density at radius 3 is 2.78 bits per heavy atom. The van der Waals surface area contributed by atoms with E-state index in [-0.39, 0.29) is 6.04 Å². The van der Waals surface area contributed by atoms with Crippen molar-refractivity contribution in [1.82, 2.24) is 15.5 Å². The van der Waals surface area contributed by atoms with Gasteiger partial charge in [-0.1, -0.05) is 17.3 Å². The number of anilines is 1. The fraction of sp³-hybridized carbons (Fsp3) is 0.438. The Hall–Kier alpha value is -2.57. The molecular formula is C16H20N4O3. The third kappa shape index (κ3) is 4.00. The summed E-state index contributed by atoms with van der Waals surface area (Å²) in [5.41, 5.74) is 1.94. The van der Waals surface area contributed by atoms with E-state index in [1.807, 2.05) is 31.2 Å². The SMILES string of the molecule is COC(=O)NCc1ccc(N[C@@H](C)c2nc(C3CC3)no2)cc1. The van der Waals surface area contributed by atoms with Crippen molar-refractivity contribution in [3.63, 3.8) is 0 Å². The Morgan fingerprint density at radius 1 is 1.39 bits per heavy atom. The minimum atomic E-state index is -0.441. The van der Waals surface area contributed by atoms with Gasteiger partial charge in [0, 0.05) is 18.2 Å². The maximum Gasteiger partial charge on any atom is 0.407 e. The molecule has 3 rings (SSSR count). The number of carbonyl (C=O) groups is 1. The summed E-state index contributed by atoms with van der Waals surface area (Å²) in [4.78, 5) is 15.5. The first-order valence-electron chi connectivity index (χ1n) is 7.66. The molecular weight excluding hydrogens is 296 g/mol. The predicted octanol–water partition coefficient (Wildman–Crippen LogP) is 2.98. The Bertz CT molecular complexity index is 664. The van der Waals surface area contributed by atoms with Crippen LogP contribution >= 0.6 is 0 Å². The number of ether oxygens (including phenoxy) is 1. The summed E-state index contributed by atoms with van der Waals surface area (Å²) in [6, 6.07) is 7.71. The zero-order chi connectivity index (χ0) is 16.2. The van der Waals surface area contributed by atoms with E-state index in [0.717, 1.165) is 29.9 Å². The molecule has 1 aliphatic rings. The molecule has 1 aromatic carbocycles. The molecule has 0 spiro atoms. The number of methoxy groups -OCH3 is 1. The van der Waals surface area contributed by atoms with Crippen molar-refractivity contribution < 1.29 is 14.1 Å². The van der Waals surface area contributed by atoms with Gasteiger partial charge in [-0.3, -0.25) is 0 Å². The molecule has 1 heterocycles. The zero-order valence-corrected chi connectivity index (χ0v) is 13.2. The number of alkyl carbamates (subject to hydrolysis) is 1. The second kappa shape index (κ2) is 6.68. The number of benzene rings is 1. The van der Waals surface area contributed by atoms with Gasteiger partial charge < -0.3 is 19.9 Å². The lowest BCUT2D eigenvalue weighted by atomic mass is 10.2. The molecule has 122 valence electrons. The first-order chi connectivity index (χ1) is 11.2. The van der Waals surface area contributed by atoms with Crippen LogP contribution < -0.4 is 10.6 Å². The Kier molecular flexibility index (Phi) is 4.45. The average molecular weight is 316 g/mol. The number of hydrogen-bond donors (Lipinski definition) is 2. The van der Waals surface area contributed by atoms with Crippen molar-refractivity contribution in [2.75, 3.05) is 12.4 Å². The van der Waals surface area contributed by atoms with Gasteiger partial charge in [-0.2, -0.15) is 4.98 Å². The molecule has 7 heteroatoms. The first kappa shape index (κ1) is 15.3. The van der Waals surface area contributed by atoms with Crippen molar-refractivity contribution >= 4 is 11.8 Å². The summed E-state index contributed by atoms with van der Waals surface area (Å²) < 4.78 is 9.85. The van der Waals surface area contributed by atoms with Gasteiger partial charge in [0.25, 0.3) is 0 Å². The highest BCUT2D eigenvalue weighted by molar-refractivity contribution is 5.66. The van der Waals surface area contributed by atoms with Crippen LogP contribution in [0.15, 0.2) is 28.8 Å². The number of nitrogens with zero attached hydrogens (tertiary/aromatic N) is 2. The molecule has 1 saturated carbocycles. The van der Waals surface area contributed by atoms with E-state index < -0.39 is 6.09 Å². The fourth-order valence-electron chi connectivity index (χ4n) is 2.21. The molecule has 2 aromatic rings. The topological polar surface area (TPSA) is 89.3 Å². The maximum atomic E-state index is 11.0. The number of carbonyl (C=O) groups excluding carboxylic acids is 1. The molecule has 1 fully saturated rings. The number of amides is 1. The predicted molar refractivity (Wildman–Crippen MR) is 84.0 cm³/mol. The van der Waals surface area contributed by atoms with Crippen LogP contribution in [0.1, 0.15) is 49.0 Å². The summed E-state index contributed by atoms with van der Waals surface area (Å²) in [6.07, 6.45) is 1.87. The lowest BCUT2D eigenvalue weighted by Crippen LogP contribution is -2.22. The van der Waals surface area contributed by atoms with Crippen LogP contribution in [-0.2, 0) is 11.3 Å². The van der Waals surface area contributed by atoms with Gasteiger partial charge in [0.05, 0.1) is 7.11 Å². The molecule has 0 aliphatic heterocycles. The van der Waals surface area contributed by atoms with Crippen molar-refractivity contribution in [2.45, 2.75) is 38.3 Å². The van der Waals surface area contributed by atoms with Crippen molar-refractivity contribution in [3.05, 3.63) is 41.5 Å². The molecule has 1 amide bonds. The standard InChI is InChI=1S/C16H20N4O3/c1-10(15-19-14(20-23-15)12-5-6-12)18-13-7-3-11(4-8-13)9-17-16(21)22-2/h3-4,7-8,10,12,18H,5-6,9H2,1-2H3,(H,17,21)/t10-/m0/s1. The van der Waals surface area contributed by atoms with Crippen molar-refractivity contribution in [2.24, 2.45) is 0 Å². The highest BCUT2D eigenvalue weighted by Gasteiger charge is 2.29. The molecule has 1 atom stereocenters. The lowest BCUT2D eigenvalue weighted by molar-refractivity contribution is 0.170. The number of nitrogens with one attached hydrogen (secondary N) is 2. The van der Waals surface area contributed by atoms with Crippen molar-refractivity contribution in [3.8, 4) is 0 Å². The quantitative estimate of drug-likeness (QED) is 0.851. The van der Waals surface area contributed by atoms with E-state index in [2.05, 4.69) is 25.5 Å². The molecule has 1 aromatic heterocycles. The Labute approximate surface area is 134 Å². The first-order valence-corrected chi connectivity index (χ1v) is 7.66. The van der Waals surface area contributed by atoms with Crippen LogP contribution in [0, 0.1) is 0 Å². The van der Waals surface area contributed by atoms with Crippen LogP contribution in [-0.4, -0.2) is 23.3 Å². The van der Waals surface area contributed by atoms with Crippen LogP contribution in [0.2, 0.25) is 0 Å². The van der Waals surface area contributed by atoms with E-state index in [1.54, 1.807) is 0 Å². The molecule has 2 N–H and O–H groups in total. The second-order valence-corrected chi connectivity index (χ2v) is 5.67. The smallest absolute Gasteiger partial charge is 0.407 e. The molecule has 0 radical (unpaired) electrons. The fourth-order valence-corrected chi connectivity index (χ4v) is 2.21. The van der Waals surface area contributed by atoms with Gasteiger partial charge in [0.2, 0.25) is 5.89 Å². The van der Waals surface area contributed by atoms with Crippen LogP contribution in [0.3, 0.4) is 0 Å². The van der Waals surface area contributed by atoms with Gasteiger partial charge in [-0.25, -0.2) is 4.79 Å². The molecule has 7 nitrogen and oxygen atoms in total. The normalized spacial score (nSPS) is 15.0. The maximum absolute atomic E-state index is 11.0. The third-order valence-corrected chi connectivity index (χ3v) is 3.73. The minimum absolute atomic E-state index is 0.0611. The number of aromatic nitrogens is 2. The van der Waals surface area contributed by atoms with Crippen molar-refractivity contribution in [1.29, 1.82) is 0 Å². The average Bonchev–Trinajstić information content (AvgIpc) is 3.30. The second-order valence-electron chi connectivity index (χ2n) is 5.67. The monoisotopic (exact) mass is 316 g/mol. The van der Waals surface area contributed by atoms with E-state index in [0.29, 0.717) is 18.4 Å². The van der Waals surface area contributed by atoms with Crippen LogP contribution in [0.25, 0.3) is 0 Å². The van der Waals surface area contributed by atoms with Crippen LogP contribution in [0.5, 0.6) is 0 Å². The lowest BCUT2D eigenvalue weighted by Gasteiger charge is -2.12. The molecule has 0 saturated heterocycles. The zero-order valence-electron chi connectivity index (χ0n) is 13.2. The Morgan fingerprint density at radius 2 is 2.13 bits per heavy atom. The minimum Gasteiger partial charge on any atom is -0.453 e. The number of hydrogen-bond acceptors (Lipinski definition) is 6. The summed E-state index contributed by atoms with van der Waals surface area (Å²) in [5, 5.41) is 9.99. The Balaban J connectivity index is 1.55. The van der Waals surface area contributed by atoms with Gasteiger partial charge >= 0.3 is 6.09 Å². The molecule has 23 heavy (non-hydrogen) atoms. The molecule has 0 unspecified atom stereocenters. The highest BCUT2D eigenvalue weighted by atomic mass is 16.5. The largest absolute Gasteiger partial charge is 0.453 e. The van der Waals surface area contributed by atoms with Gasteiger partial charge in [0.15, 0.2) is 5.82 Å². The summed E-state index contributed by atoms with van der Waals surface area (Å²) in [6.45, 7) is 2.41. The summed E-state index contributed by atoms with van der Waals surface area (Å²) >= 11 is 0. The number of rotatable bonds is 6. The van der Waals surface area contributed by atoms with E-state index in [1.165, 1.54) is 7.11 Å². The van der Waals surface area contributed by atoms with Crippen LogP contribution in [0.4, 0.5) is 10.5 Å². The van der Waals surface area contributed by atoms with Gasteiger partial charge in [0.1, 0.15) is 6.04 Å². The van der Waals surface area contributed by atoms with E-state index >= 15 is 0 Å². The van der Waals surface area contributed by atoms with E-state index in [9.17, 15) is 4.79 Å². The molecule has 1 aliphatic carbocycles. The summed E-state index contributed by atoms with van der Waals surface area (Å²) in [7, 11) is 1.34. The summed E-state index contributed by atoms with van der Waals surface area (Å²) in [5.74, 6) is 1.91. The highest BCUT2D eigenvalue weighted by Crippen LogP contribution is 2.38. The van der Waals surface area contributed by atoms with Gasteiger partial charge in [-0.05, 0) is 37.5 Å². The third-order valence-electron chi connectivity index (χ3n) is 3.73. The molecule has 0 bridgehead atoms.